The summed E-state index contributed by atoms with van der Waals surface area (Å²) < 4.78 is 6.62. The van der Waals surface area contributed by atoms with Gasteiger partial charge < -0.3 is 26.0 Å². The molecule has 27 heavy (non-hydrogen) atoms. The average Bonchev–Trinajstić information content (AvgIpc) is 3.20. The first kappa shape index (κ1) is 21.2. The minimum absolute atomic E-state index is 0. The number of carbonyl (C=O) groups is 2. The number of aromatic hydroxyl groups is 1. The summed E-state index contributed by atoms with van der Waals surface area (Å²) in [5.41, 5.74) is 0.668. The van der Waals surface area contributed by atoms with Crippen LogP contribution in [-0.4, -0.2) is 41.8 Å². The Morgan fingerprint density at radius 3 is 2.78 bits per heavy atom. The van der Waals surface area contributed by atoms with Gasteiger partial charge in [-0.15, -0.1) is 0 Å². The van der Waals surface area contributed by atoms with Gasteiger partial charge in [-0.2, -0.15) is 4.98 Å². The van der Waals surface area contributed by atoms with E-state index in [2.05, 4.69) is 20.4 Å². The van der Waals surface area contributed by atoms with Crippen molar-refractivity contribution in [2.24, 2.45) is 7.05 Å². The summed E-state index contributed by atoms with van der Waals surface area (Å²) in [6.45, 7) is 0. The van der Waals surface area contributed by atoms with Crippen LogP contribution in [0.3, 0.4) is 0 Å². The second-order valence-electron chi connectivity index (χ2n) is 5.52. The molecule has 10 nitrogen and oxygen atoms in total. The van der Waals surface area contributed by atoms with Crippen molar-refractivity contribution in [1.29, 1.82) is 0 Å². The summed E-state index contributed by atoms with van der Waals surface area (Å²) >= 11 is 0. The maximum Gasteiger partial charge on any atom is 1.00 e. The number of carboxylic acids is 1. The van der Waals surface area contributed by atoms with Gasteiger partial charge in [-0.25, -0.2) is 9.78 Å². The minimum atomic E-state index is -1.12. The van der Waals surface area contributed by atoms with Crippen molar-refractivity contribution in [3.05, 3.63) is 42.2 Å². The molecule has 0 saturated heterocycles. The molecule has 0 aliphatic heterocycles. The van der Waals surface area contributed by atoms with Crippen molar-refractivity contribution in [2.45, 2.75) is 12.8 Å². The Morgan fingerprint density at radius 2 is 2.11 bits per heavy atom. The quantitative estimate of drug-likeness (QED) is 0.429. The summed E-state index contributed by atoms with van der Waals surface area (Å²) in [6, 6.07) is 2.99. The molecule has 0 aliphatic rings. The fraction of sp³-hybridized carbons (Fsp3) is 0.188. The Labute approximate surface area is 197 Å². The van der Waals surface area contributed by atoms with Gasteiger partial charge in [0.15, 0.2) is 0 Å². The van der Waals surface area contributed by atoms with Crippen molar-refractivity contribution in [1.82, 2.24) is 19.7 Å². The smallest absolute Gasteiger partial charge is 1.00 e. The largest absolute Gasteiger partial charge is 1.00 e. The number of anilines is 1. The number of nitrogens with one attached hydrogen (secondary N) is 1. The summed E-state index contributed by atoms with van der Waals surface area (Å²) in [5, 5.41) is 24.7. The van der Waals surface area contributed by atoms with E-state index in [1.807, 2.05) is 0 Å². The first-order chi connectivity index (χ1) is 12.4. The molecular weight excluding hydrogens is 381 g/mol. The zero-order valence-corrected chi connectivity index (χ0v) is 17.8. The van der Waals surface area contributed by atoms with E-state index in [0.29, 0.717) is 5.69 Å². The summed E-state index contributed by atoms with van der Waals surface area (Å²) in [6.07, 6.45) is 4.42. The molecule has 0 saturated carbocycles. The van der Waals surface area contributed by atoms with Crippen LogP contribution in [0.5, 0.6) is 5.75 Å². The number of carboxylic acid groups (broad SMARTS) is 1. The van der Waals surface area contributed by atoms with Crippen molar-refractivity contribution in [3.63, 3.8) is 0 Å². The van der Waals surface area contributed by atoms with Gasteiger partial charge in [0.05, 0.1) is 11.9 Å². The Balaban J connectivity index is 0.00000196. The van der Waals surface area contributed by atoms with E-state index >= 15 is 0 Å². The standard InChI is InChI=1S/C16H15N5O5.K.H/c1-21-7-10(16(24)25)12(8-21)18-13(23)4-5-14-19-15(20-26-14)11-3-2-9(22)6-17-11;;/h2-3,6-8,22H,4-5H2,1H3,(H,18,23)(H,24,25);;/q;+1;-1. The average molecular weight is 397 g/mol. The molecule has 11 heteroatoms. The van der Waals surface area contributed by atoms with E-state index in [1.165, 1.54) is 24.7 Å². The van der Waals surface area contributed by atoms with E-state index in [4.69, 9.17) is 9.63 Å². The molecule has 3 N–H and O–H groups in total. The molecule has 0 fully saturated rings. The van der Waals surface area contributed by atoms with Crippen LogP contribution in [0.1, 0.15) is 24.1 Å². The van der Waals surface area contributed by atoms with Crippen LogP contribution in [0.2, 0.25) is 0 Å². The van der Waals surface area contributed by atoms with Gasteiger partial charge in [-0.3, -0.25) is 4.79 Å². The third-order valence-electron chi connectivity index (χ3n) is 3.47. The maximum absolute atomic E-state index is 12.0. The molecule has 3 aromatic rings. The van der Waals surface area contributed by atoms with Crippen molar-refractivity contribution in [2.75, 3.05) is 5.32 Å². The molecule has 0 radical (unpaired) electrons. The molecule has 0 aromatic carbocycles. The predicted molar refractivity (Wildman–Crippen MR) is 89.6 cm³/mol. The topological polar surface area (TPSA) is 143 Å². The van der Waals surface area contributed by atoms with Gasteiger partial charge in [0.1, 0.15) is 17.0 Å². The number of aromatic carboxylic acids is 1. The number of nitrogens with zero attached hydrogens (tertiary/aromatic N) is 4. The van der Waals surface area contributed by atoms with Gasteiger partial charge in [0.2, 0.25) is 17.6 Å². The molecule has 1 amide bonds. The Hall–Kier alpha value is -2.05. The number of hydrogen-bond donors (Lipinski definition) is 3. The third kappa shape index (κ3) is 5.46. The molecule has 3 aromatic heterocycles. The van der Waals surface area contributed by atoms with Crippen molar-refractivity contribution in [3.8, 4) is 17.3 Å². The van der Waals surface area contributed by atoms with E-state index in [1.54, 1.807) is 17.7 Å². The van der Waals surface area contributed by atoms with Gasteiger partial charge in [-0.1, -0.05) is 5.16 Å². The molecule has 0 spiro atoms. The van der Waals surface area contributed by atoms with Crippen molar-refractivity contribution < 1.29 is 77.1 Å². The van der Waals surface area contributed by atoms with E-state index in [-0.39, 0.29) is 100 Å². The van der Waals surface area contributed by atoms with E-state index < -0.39 is 5.97 Å². The van der Waals surface area contributed by atoms with E-state index in [0.717, 1.165) is 0 Å². The molecular formula is C16H16KN5O5. The fourth-order valence-electron chi connectivity index (χ4n) is 2.27. The van der Waals surface area contributed by atoms with Crippen LogP contribution in [-0.2, 0) is 18.3 Å². The number of hydrogen-bond acceptors (Lipinski definition) is 7. The second kappa shape index (κ2) is 9.24. The van der Waals surface area contributed by atoms with Crippen LogP contribution in [0.25, 0.3) is 11.5 Å². The van der Waals surface area contributed by atoms with Gasteiger partial charge >= 0.3 is 57.4 Å². The van der Waals surface area contributed by atoms with Crippen LogP contribution >= 0.6 is 0 Å². The Bertz CT molecular complexity index is 957. The summed E-state index contributed by atoms with van der Waals surface area (Å²) in [4.78, 5) is 31.3. The fourth-order valence-corrected chi connectivity index (χ4v) is 2.27. The number of pyridine rings is 1. The van der Waals surface area contributed by atoms with Crippen molar-refractivity contribution >= 4 is 17.6 Å². The Morgan fingerprint density at radius 1 is 1.33 bits per heavy atom. The second-order valence-corrected chi connectivity index (χ2v) is 5.52. The summed E-state index contributed by atoms with van der Waals surface area (Å²) in [5.74, 6) is -0.978. The molecule has 136 valence electrons. The molecule has 0 bridgehead atoms. The maximum atomic E-state index is 12.0. The first-order valence-electron chi connectivity index (χ1n) is 7.59. The van der Waals surface area contributed by atoms with E-state index in [9.17, 15) is 14.7 Å². The van der Waals surface area contributed by atoms with Crippen LogP contribution in [0, 0.1) is 0 Å². The molecule has 3 rings (SSSR count). The van der Waals surface area contributed by atoms with Crippen LogP contribution < -0.4 is 56.7 Å². The third-order valence-corrected chi connectivity index (χ3v) is 3.47. The van der Waals surface area contributed by atoms with Gasteiger partial charge in [0, 0.05) is 32.3 Å². The number of carbonyl (C=O) groups excluding carboxylic acids is 1. The van der Waals surface area contributed by atoms with Crippen LogP contribution in [0.4, 0.5) is 5.69 Å². The predicted octanol–water partition coefficient (Wildman–Crippen LogP) is -1.44. The first-order valence-corrected chi connectivity index (χ1v) is 7.59. The number of rotatable bonds is 6. The number of aryl methyl sites for hydroxylation is 2. The minimum Gasteiger partial charge on any atom is -1.00 e. The van der Waals surface area contributed by atoms with Crippen LogP contribution in [0.15, 0.2) is 35.2 Å². The number of aromatic nitrogens is 4. The molecule has 3 heterocycles. The SMILES string of the molecule is Cn1cc(NC(=O)CCc2nc(-c3ccc(O)cn3)no2)c(C(=O)O)c1.[H-].[K+]. The molecule has 0 aliphatic carbocycles. The molecule has 0 atom stereocenters. The normalized spacial score (nSPS) is 10.3. The molecule has 0 unspecified atom stereocenters. The zero-order chi connectivity index (χ0) is 18.7. The number of amides is 1. The summed E-state index contributed by atoms with van der Waals surface area (Å²) in [7, 11) is 1.67. The zero-order valence-electron chi connectivity index (χ0n) is 15.7. The van der Waals surface area contributed by atoms with Gasteiger partial charge in [-0.05, 0) is 12.1 Å². The monoisotopic (exact) mass is 397 g/mol. The Kier molecular flexibility index (Phi) is 7.27. The van der Waals surface area contributed by atoms with Gasteiger partial charge in [0.25, 0.3) is 0 Å².